The van der Waals surface area contributed by atoms with Gasteiger partial charge in [0.2, 0.25) is 0 Å². The van der Waals surface area contributed by atoms with E-state index in [1.54, 1.807) is 0 Å². The molecular weight excluding hydrogens is 276 g/mol. The maximum atomic E-state index is 11.6. The number of nitrogens with zero attached hydrogens (tertiary/aromatic N) is 2. The normalized spacial score (nSPS) is 10.9. The van der Waals surface area contributed by atoms with Gasteiger partial charge in [-0.1, -0.05) is 6.08 Å². The van der Waals surface area contributed by atoms with Gasteiger partial charge in [0, 0.05) is 11.6 Å². The predicted molar refractivity (Wildman–Crippen MR) is 67.4 cm³/mol. The van der Waals surface area contributed by atoms with Crippen molar-refractivity contribution in [1.29, 1.82) is 0 Å². The van der Waals surface area contributed by atoms with E-state index in [9.17, 15) is 28.6 Å². The largest absolute Gasteiger partial charge is 0.280 e. The summed E-state index contributed by atoms with van der Waals surface area (Å²) >= 11 is 0. The second kappa shape index (κ2) is 5.57. The van der Waals surface area contributed by atoms with Gasteiger partial charge in [-0.2, -0.15) is 0 Å². The van der Waals surface area contributed by atoms with Crippen molar-refractivity contribution in [3.05, 3.63) is 56.6 Å². The number of hydrogen-bond acceptors (Lipinski definition) is 6. The van der Waals surface area contributed by atoms with Crippen LogP contribution < -0.4 is 0 Å². The number of hydrogen-bond donors (Lipinski definition) is 0. The second-order valence-corrected chi connectivity index (χ2v) is 5.78. The molecule has 0 aromatic heterocycles. The van der Waals surface area contributed by atoms with Crippen LogP contribution in [0.4, 0.5) is 11.4 Å². The van der Waals surface area contributed by atoms with E-state index in [2.05, 4.69) is 6.58 Å². The first-order valence-electron chi connectivity index (χ1n) is 5.00. The fraction of sp³-hybridized carbons (Fsp3) is 0.200. The van der Waals surface area contributed by atoms with Crippen LogP contribution in [-0.4, -0.2) is 24.0 Å². The van der Waals surface area contributed by atoms with E-state index >= 15 is 0 Å². The minimum atomic E-state index is -3.57. The Morgan fingerprint density at radius 1 is 1.21 bits per heavy atom. The SMILES string of the molecule is C=CCS(=O)(=O)Cc1ccc([N+](=O)[O-])cc1[N+](=O)[O-]. The van der Waals surface area contributed by atoms with Gasteiger partial charge >= 0.3 is 0 Å². The molecule has 0 radical (unpaired) electrons. The number of nitro groups is 2. The number of rotatable bonds is 6. The fourth-order valence-corrected chi connectivity index (χ4v) is 2.63. The molecule has 0 unspecified atom stereocenters. The number of non-ortho nitro benzene ring substituents is 1. The van der Waals surface area contributed by atoms with Crippen LogP contribution in [0, 0.1) is 20.2 Å². The van der Waals surface area contributed by atoms with E-state index in [0.29, 0.717) is 0 Å². The van der Waals surface area contributed by atoms with Crippen LogP contribution in [0.3, 0.4) is 0 Å². The van der Waals surface area contributed by atoms with Gasteiger partial charge in [-0.3, -0.25) is 20.2 Å². The highest BCUT2D eigenvalue weighted by Gasteiger charge is 2.22. The molecular formula is C10H10N2O6S. The zero-order valence-electron chi connectivity index (χ0n) is 9.68. The summed E-state index contributed by atoms with van der Waals surface area (Å²) in [7, 11) is -3.57. The molecule has 19 heavy (non-hydrogen) atoms. The summed E-state index contributed by atoms with van der Waals surface area (Å²) in [6, 6.07) is 2.86. The van der Waals surface area contributed by atoms with Crippen LogP contribution in [-0.2, 0) is 15.6 Å². The molecule has 0 spiro atoms. The lowest BCUT2D eigenvalue weighted by Crippen LogP contribution is -2.09. The standard InChI is InChI=1S/C10H10N2O6S/c1-2-5-19(17,18)7-8-3-4-9(11(13)14)6-10(8)12(15)16/h2-4,6H,1,5,7H2. The van der Waals surface area contributed by atoms with Crippen molar-refractivity contribution < 1.29 is 18.3 Å². The molecule has 8 nitrogen and oxygen atoms in total. The van der Waals surface area contributed by atoms with Crippen molar-refractivity contribution in [2.45, 2.75) is 5.75 Å². The second-order valence-electron chi connectivity index (χ2n) is 3.67. The van der Waals surface area contributed by atoms with Crippen LogP contribution >= 0.6 is 0 Å². The molecule has 102 valence electrons. The lowest BCUT2D eigenvalue weighted by atomic mass is 10.2. The Labute approximate surface area is 108 Å². The minimum absolute atomic E-state index is 0.0857. The van der Waals surface area contributed by atoms with Gasteiger partial charge in [-0.25, -0.2) is 8.42 Å². The van der Waals surface area contributed by atoms with Gasteiger partial charge in [0.05, 0.1) is 27.4 Å². The number of benzene rings is 1. The van der Waals surface area contributed by atoms with Crippen LogP contribution in [0.5, 0.6) is 0 Å². The molecule has 9 heteroatoms. The molecule has 0 saturated carbocycles. The molecule has 0 saturated heterocycles. The van der Waals surface area contributed by atoms with E-state index < -0.39 is 36.8 Å². The molecule has 0 aliphatic carbocycles. The van der Waals surface area contributed by atoms with Crippen LogP contribution in [0.15, 0.2) is 30.9 Å². The van der Waals surface area contributed by atoms with Crippen LogP contribution in [0.25, 0.3) is 0 Å². The summed E-state index contributed by atoms with van der Waals surface area (Å²) in [5.41, 5.74) is -1.13. The van der Waals surface area contributed by atoms with Gasteiger partial charge < -0.3 is 0 Å². The summed E-state index contributed by atoms with van der Waals surface area (Å²) in [4.78, 5) is 19.7. The molecule has 0 aliphatic heterocycles. The third-order valence-corrected chi connectivity index (χ3v) is 3.72. The van der Waals surface area contributed by atoms with Gasteiger partial charge in [-0.05, 0) is 6.07 Å². The monoisotopic (exact) mass is 286 g/mol. The zero-order chi connectivity index (χ0) is 14.6. The lowest BCUT2D eigenvalue weighted by Gasteiger charge is -2.03. The molecule has 0 amide bonds. The molecule has 0 fully saturated rings. The van der Waals surface area contributed by atoms with Crippen molar-refractivity contribution in [2.75, 3.05) is 5.75 Å². The first kappa shape index (κ1) is 14.8. The molecule has 0 bridgehead atoms. The molecule has 1 aromatic rings. The summed E-state index contributed by atoms with van der Waals surface area (Å²) in [6.45, 7) is 3.28. The van der Waals surface area contributed by atoms with Crippen molar-refractivity contribution in [3.8, 4) is 0 Å². The molecule has 1 aromatic carbocycles. The van der Waals surface area contributed by atoms with E-state index in [1.807, 2.05) is 0 Å². The zero-order valence-corrected chi connectivity index (χ0v) is 10.5. The van der Waals surface area contributed by atoms with E-state index in [-0.39, 0.29) is 11.3 Å². The average molecular weight is 286 g/mol. The highest BCUT2D eigenvalue weighted by molar-refractivity contribution is 7.90. The van der Waals surface area contributed by atoms with Crippen LogP contribution in [0.1, 0.15) is 5.56 Å². The maximum Gasteiger partial charge on any atom is 0.280 e. The summed E-state index contributed by atoms with van der Waals surface area (Å²) in [6.07, 6.45) is 1.17. The predicted octanol–water partition coefficient (Wildman–Crippen LogP) is 1.60. The van der Waals surface area contributed by atoms with E-state index in [1.165, 1.54) is 6.08 Å². The van der Waals surface area contributed by atoms with Gasteiger partial charge in [0.15, 0.2) is 9.84 Å². The lowest BCUT2D eigenvalue weighted by molar-refractivity contribution is -0.394. The Bertz CT molecular complexity index is 637. The first-order valence-corrected chi connectivity index (χ1v) is 6.82. The third kappa shape index (κ3) is 3.85. The highest BCUT2D eigenvalue weighted by Crippen LogP contribution is 2.26. The highest BCUT2D eigenvalue weighted by atomic mass is 32.2. The third-order valence-electron chi connectivity index (χ3n) is 2.22. The Balaban J connectivity index is 3.25. The summed E-state index contributed by atoms with van der Waals surface area (Å²) in [5.74, 6) is -0.880. The average Bonchev–Trinajstić information content (AvgIpc) is 2.27. The molecule has 1 rings (SSSR count). The maximum absolute atomic E-state index is 11.6. The van der Waals surface area contributed by atoms with Crippen LogP contribution in [0.2, 0.25) is 0 Å². The molecule has 0 N–H and O–H groups in total. The van der Waals surface area contributed by atoms with E-state index in [0.717, 1.165) is 18.2 Å². The number of sulfone groups is 1. The smallest absolute Gasteiger partial charge is 0.258 e. The van der Waals surface area contributed by atoms with Gasteiger partial charge in [0.1, 0.15) is 0 Å². The van der Waals surface area contributed by atoms with Crippen molar-refractivity contribution >= 4 is 21.2 Å². The molecule has 0 heterocycles. The van der Waals surface area contributed by atoms with Gasteiger partial charge in [-0.15, -0.1) is 6.58 Å². The quantitative estimate of drug-likeness (QED) is 0.445. The number of nitro benzene ring substituents is 2. The molecule has 0 atom stereocenters. The van der Waals surface area contributed by atoms with Crippen molar-refractivity contribution in [1.82, 2.24) is 0 Å². The fourth-order valence-electron chi connectivity index (χ4n) is 1.43. The summed E-state index contributed by atoms with van der Waals surface area (Å²) in [5, 5.41) is 21.3. The van der Waals surface area contributed by atoms with E-state index in [4.69, 9.17) is 0 Å². The minimum Gasteiger partial charge on any atom is -0.258 e. The Morgan fingerprint density at radius 2 is 1.84 bits per heavy atom. The Morgan fingerprint density at radius 3 is 2.32 bits per heavy atom. The first-order chi connectivity index (χ1) is 8.76. The topological polar surface area (TPSA) is 120 Å². The molecule has 0 aliphatic rings. The Kier molecular flexibility index (Phi) is 4.33. The van der Waals surface area contributed by atoms with Gasteiger partial charge in [0.25, 0.3) is 11.4 Å². The Hall–Kier alpha value is -2.29. The summed E-state index contributed by atoms with van der Waals surface area (Å²) < 4.78 is 23.1. The van der Waals surface area contributed by atoms with Crippen molar-refractivity contribution in [3.63, 3.8) is 0 Å². The van der Waals surface area contributed by atoms with Crippen molar-refractivity contribution in [2.24, 2.45) is 0 Å².